The largest absolute Gasteiger partial charge is 0.496 e. The molecule has 0 radical (unpaired) electrons. The van der Waals surface area contributed by atoms with E-state index >= 15 is 0 Å². The molecule has 0 N–H and O–H groups in total. The maximum absolute atomic E-state index is 13.3. The zero-order chi connectivity index (χ0) is 17.2. The van der Waals surface area contributed by atoms with E-state index in [0.29, 0.717) is 0 Å². The van der Waals surface area contributed by atoms with Crippen LogP contribution >= 0.6 is 0 Å². The van der Waals surface area contributed by atoms with Crippen LogP contribution in [-0.4, -0.2) is 33.3 Å². The Labute approximate surface area is 120 Å². The van der Waals surface area contributed by atoms with Crippen LogP contribution in [0.5, 0.6) is 0 Å². The topological polar surface area (TPSA) is 18.5 Å². The molecule has 1 atom stereocenters. The first-order chi connectivity index (χ1) is 9.87. The zero-order valence-electron chi connectivity index (χ0n) is 10.9. The first-order valence-corrected chi connectivity index (χ1v) is 7.60. The van der Waals surface area contributed by atoms with Crippen LogP contribution in [0.4, 0.5) is 35.1 Å². The van der Waals surface area contributed by atoms with Crippen LogP contribution in [0.1, 0.15) is 6.92 Å². The molecule has 0 saturated heterocycles. The van der Waals surface area contributed by atoms with Gasteiger partial charge in [-0.1, -0.05) is 30.3 Å². The van der Waals surface area contributed by atoms with Gasteiger partial charge in [-0.05, 0) is 6.92 Å². The van der Waals surface area contributed by atoms with E-state index in [-0.39, 0.29) is 0 Å². The van der Waals surface area contributed by atoms with Crippen LogP contribution in [0, 0.1) is 0 Å². The number of alkyl halides is 8. The summed E-state index contributed by atoms with van der Waals surface area (Å²) in [5.41, 5.74) is 0. The average molecular weight is 354 g/mol. The minimum absolute atomic E-state index is 0.738. The second-order valence-corrected chi connectivity index (χ2v) is 6.90. The highest BCUT2D eigenvalue weighted by atomic mass is 28.4. The van der Waals surface area contributed by atoms with Gasteiger partial charge in [-0.2, -0.15) is 35.1 Å². The maximum Gasteiger partial charge on any atom is 0.496 e. The van der Waals surface area contributed by atoms with Gasteiger partial charge < -0.3 is 8.85 Å². The van der Waals surface area contributed by atoms with Gasteiger partial charge >= 0.3 is 26.6 Å². The molecule has 0 spiro atoms. The molecule has 2 nitrogen and oxygen atoms in total. The Kier molecular flexibility index (Phi) is 5.25. The number of hydrogen-bond donors (Lipinski definition) is 0. The maximum atomic E-state index is 13.3. The summed E-state index contributed by atoms with van der Waals surface area (Å²) in [4.78, 5) is 0. The van der Waals surface area contributed by atoms with Crippen molar-refractivity contribution in [3.05, 3.63) is 30.3 Å². The van der Waals surface area contributed by atoms with Crippen LogP contribution in [0.15, 0.2) is 30.3 Å². The lowest BCUT2D eigenvalue weighted by Gasteiger charge is -2.35. The first kappa shape index (κ1) is 18.8. The fraction of sp³-hybridized carbons (Fsp3) is 0.455. The number of benzene rings is 1. The Morgan fingerprint density at radius 1 is 0.909 bits per heavy atom. The van der Waals surface area contributed by atoms with Gasteiger partial charge in [-0.15, -0.1) is 0 Å². The second-order valence-electron chi connectivity index (χ2n) is 4.03. The highest BCUT2D eigenvalue weighted by Gasteiger charge is 2.73. The molecule has 0 heterocycles. The molecule has 11 heteroatoms. The molecule has 22 heavy (non-hydrogen) atoms. The molecule has 0 aliphatic rings. The van der Waals surface area contributed by atoms with Gasteiger partial charge in [0.15, 0.2) is 0 Å². The third-order valence-electron chi connectivity index (χ3n) is 2.48. The summed E-state index contributed by atoms with van der Waals surface area (Å²) in [7, 11) is -6.09. The van der Waals surface area contributed by atoms with Crippen molar-refractivity contribution in [1.29, 1.82) is 0 Å². The fourth-order valence-electron chi connectivity index (χ4n) is 1.57. The molecule has 0 aliphatic heterocycles. The van der Waals surface area contributed by atoms with Crippen molar-refractivity contribution in [1.82, 2.24) is 0 Å². The fourth-order valence-corrected chi connectivity index (χ4v) is 4.04. The predicted octanol–water partition coefficient (Wildman–Crippen LogP) is 3.65. The lowest BCUT2D eigenvalue weighted by molar-refractivity contribution is -0.372. The quantitative estimate of drug-likeness (QED) is 0.594. The molecule has 1 unspecified atom stereocenters. The van der Waals surface area contributed by atoms with Crippen molar-refractivity contribution in [3.63, 3.8) is 0 Å². The molecule has 126 valence electrons. The normalized spacial score (nSPS) is 16.4. The molecule has 1 aromatic carbocycles. The molecule has 1 aromatic rings. The third kappa shape index (κ3) is 3.58. The Morgan fingerprint density at radius 2 is 1.41 bits per heavy atom. The SMILES string of the molecule is CCO[Si](OC(F)(F)C(F)(F)F)(c1ccccc1)C(F)(F)F. The van der Waals surface area contributed by atoms with Crippen LogP contribution in [-0.2, 0) is 8.85 Å². The number of rotatable bonds is 5. The van der Waals surface area contributed by atoms with Gasteiger partial charge in [-0.3, -0.25) is 0 Å². The van der Waals surface area contributed by atoms with Gasteiger partial charge in [0, 0.05) is 11.8 Å². The highest BCUT2D eigenvalue weighted by molar-refractivity contribution is 6.82. The Balaban J connectivity index is 3.46. The van der Waals surface area contributed by atoms with Crippen LogP contribution in [0.2, 0.25) is 0 Å². The first-order valence-electron chi connectivity index (χ1n) is 5.78. The van der Waals surface area contributed by atoms with Crippen molar-refractivity contribution in [3.8, 4) is 0 Å². The van der Waals surface area contributed by atoms with E-state index in [0.717, 1.165) is 31.2 Å². The van der Waals surface area contributed by atoms with E-state index in [2.05, 4.69) is 8.85 Å². The van der Waals surface area contributed by atoms with E-state index in [1.807, 2.05) is 0 Å². The van der Waals surface area contributed by atoms with E-state index in [1.54, 1.807) is 0 Å². The molecular formula is C11H10F8O2Si. The van der Waals surface area contributed by atoms with Gasteiger partial charge in [-0.25, -0.2) is 0 Å². The van der Waals surface area contributed by atoms with Gasteiger partial charge in [0.25, 0.3) is 0 Å². The van der Waals surface area contributed by atoms with Crippen molar-refractivity contribution in [2.24, 2.45) is 0 Å². The number of halogens is 8. The zero-order valence-corrected chi connectivity index (χ0v) is 11.9. The van der Waals surface area contributed by atoms with Crippen molar-refractivity contribution < 1.29 is 44.0 Å². The van der Waals surface area contributed by atoms with Crippen LogP contribution in [0.3, 0.4) is 0 Å². The van der Waals surface area contributed by atoms with Gasteiger partial charge in [0.2, 0.25) is 0 Å². The molecule has 0 amide bonds. The van der Waals surface area contributed by atoms with Crippen molar-refractivity contribution in [2.45, 2.75) is 25.0 Å². The summed E-state index contributed by atoms with van der Waals surface area (Å²) in [6.45, 7) is 0.278. The van der Waals surface area contributed by atoms with Crippen molar-refractivity contribution in [2.75, 3.05) is 6.61 Å². The average Bonchev–Trinajstić information content (AvgIpc) is 2.36. The molecule has 0 aliphatic carbocycles. The minimum Gasteiger partial charge on any atom is -0.386 e. The van der Waals surface area contributed by atoms with E-state index in [4.69, 9.17) is 0 Å². The lowest BCUT2D eigenvalue weighted by Crippen LogP contribution is -2.69. The molecule has 0 fully saturated rings. The highest BCUT2D eigenvalue weighted by Crippen LogP contribution is 2.42. The van der Waals surface area contributed by atoms with E-state index in [1.165, 1.54) is 6.07 Å². The van der Waals surface area contributed by atoms with Crippen molar-refractivity contribution >= 4 is 13.7 Å². The standard InChI is InChI=1S/C11H10F8O2Si/c1-2-20-22(11(17,18)19,8-6-4-3-5-7-8)21-10(15,16)9(12,13)14/h3-7H,2H2,1H3. The molecule has 0 aromatic heterocycles. The summed E-state index contributed by atoms with van der Waals surface area (Å²) >= 11 is 0. The lowest BCUT2D eigenvalue weighted by atomic mass is 10.4. The monoisotopic (exact) mass is 354 g/mol. The Hall–Kier alpha value is -1.20. The predicted molar refractivity (Wildman–Crippen MR) is 61.6 cm³/mol. The van der Waals surface area contributed by atoms with Gasteiger partial charge in [0.1, 0.15) is 0 Å². The summed E-state index contributed by atoms with van der Waals surface area (Å²) in [5.74, 6) is -5.54. The van der Waals surface area contributed by atoms with Crippen LogP contribution in [0.25, 0.3) is 0 Å². The third-order valence-corrected chi connectivity index (χ3v) is 5.56. The number of hydrogen-bond acceptors (Lipinski definition) is 2. The molecular weight excluding hydrogens is 344 g/mol. The Bertz CT molecular complexity index is 487. The Morgan fingerprint density at radius 3 is 1.77 bits per heavy atom. The summed E-state index contributed by atoms with van der Waals surface area (Å²) in [6.07, 6.45) is -12.3. The second kappa shape index (κ2) is 6.12. The van der Waals surface area contributed by atoms with E-state index < -0.39 is 38.4 Å². The van der Waals surface area contributed by atoms with Crippen LogP contribution < -0.4 is 5.19 Å². The summed E-state index contributed by atoms with van der Waals surface area (Å²) in [5, 5.41) is -0.895. The minimum atomic E-state index is -6.30. The van der Waals surface area contributed by atoms with E-state index in [9.17, 15) is 35.1 Å². The summed E-state index contributed by atoms with van der Waals surface area (Å²) < 4.78 is 110. The summed E-state index contributed by atoms with van der Waals surface area (Å²) in [6, 6.07) is 4.85. The molecule has 0 saturated carbocycles. The van der Waals surface area contributed by atoms with Gasteiger partial charge in [0.05, 0.1) is 0 Å². The molecule has 0 bridgehead atoms. The smallest absolute Gasteiger partial charge is 0.386 e. The molecule has 1 rings (SSSR count).